The molecule has 2 heterocycles. The van der Waals surface area contributed by atoms with Crippen molar-refractivity contribution in [3.63, 3.8) is 0 Å². The Bertz CT molecular complexity index is 1250. The van der Waals surface area contributed by atoms with Gasteiger partial charge in [-0.3, -0.25) is 4.79 Å². The number of halogens is 1. The molecule has 30 heavy (non-hydrogen) atoms. The number of hydrogen-bond acceptors (Lipinski definition) is 2. The first-order valence-corrected chi connectivity index (χ1v) is 10.5. The highest BCUT2D eigenvalue weighted by Crippen LogP contribution is 2.45. The zero-order chi connectivity index (χ0) is 20.7. The van der Waals surface area contributed by atoms with Crippen LogP contribution in [0.25, 0.3) is 22.2 Å². The monoisotopic (exact) mass is 416 g/mol. The number of fused-ring (bicyclic) bond motifs is 2. The zero-order valence-electron chi connectivity index (χ0n) is 16.6. The van der Waals surface area contributed by atoms with Crippen molar-refractivity contribution in [1.29, 1.82) is 0 Å². The van der Waals surface area contributed by atoms with Crippen LogP contribution in [-0.4, -0.2) is 35.3 Å². The van der Waals surface area contributed by atoms with Crippen LogP contribution in [0.4, 0.5) is 0 Å². The van der Waals surface area contributed by atoms with E-state index in [1.54, 1.807) is 7.11 Å². The summed E-state index contributed by atoms with van der Waals surface area (Å²) < 4.78 is 5.45. The highest BCUT2D eigenvalue weighted by atomic mass is 35.5. The number of nitrogens with zero attached hydrogens (tertiary/aromatic N) is 1. The van der Waals surface area contributed by atoms with Crippen LogP contribution < -0.4 is 4.74 Å². The smallest absolute Gasteiger partial charge is 0.255 e. The largest absolute Gasteiger partial charge is 0.497 e. The van der Waals surface area contributed by atoms with E-state index < -0.39 is 0 Å². The Morgan fingerprint density at radius 2 is 1.83 bits per heavy atom. The van der Waals surface area contributed by atoms with Crippen LogP contribution in [0.1, 0.15) is 27.5 Å². The fourth-order valence-electron chi connectivity index (χ4n) is 4.46. The third kappa shape index (κ3) is 2.87. The van der Waals surface area contributed by atoms with Gasteiger partial charge < -0.3 is 14.6 Å². The lowest BCUT2D eigenvalue weighted by Gasteiger charge is -2.26. The molecule has 0 aliphatic carbocycles. The van der Waals surface area contributed by atoms with Crippen molar-refractivity contribution in [2.75, 3.05) is 19.5 Å². The fourth-order valence-corrected chi connectivity index (χ4v) is 4.64. The van der Waals surface area contributed by atoms with E-state index in [0.717, 1.165) is 44.6 Å². The number of H-pyrrole nitrogens is 1. The number of rotatable bonds is 5. The molecule has 4 aromatic rings. The molecular weight excluding hydrogens is 396 g/mol. The van der Waals surface area contributed by atoms with Gasteiger partial charge in [0.2, 0.25) is 0 Å². The van der Waals surface area contributed by atoms with Crippen LogP contribution in [0, 0.1) is 0 Å². The Morgan fingerprint density at radius 1 is 1.03 bits per heavy atom. The molecule has 0 fully saturated rings. The molecule has 1 unspecified atom stereocenters. The van der Waals surface area contributed by atoms with E-state index >= 15 is 0 Å². The van der Waals surface area contributed by atoms with E-state index in [9.17, 15) is 4.79 Å². The van der Waals surface area contributed by atoms with E-state index in [0.29, 0.717) is 12.4 Å². The van der Waals surface area contributed by atoms with Crippen LogP contribution in [0.15, 0.2) is 72.8 Å². The van der Waals surface area contributed by atoms with Crippen LogP contribution in [0.5, 0.6) is 5.75 Å². The summed E-state index contributed by atoms with van der Waals surface area (Å²) in [6.45, 7) is 0.483. The molecule has 0 radical (unpaired) electrons. The standard InChI is InChI=1S/C25H21ClN2O2/c1-30-17-8-6-7-16(15-17)23-22(20-11-4-5-12-21(20)27-23)24-18-9-2-3-10-19(18)25(29)28(24)14-13-26/h2-12,15,24,27H,13-14H2,1H3. The van der Waals surface area contributed by atoms with E-state index in [1.807, 2.05) is 59.5 Å². The van der Waals surface area contributed by atoms with Gasteiger partial charge in [-0.2, -0.15) is 0 Å². The molecule has 1 aliphatic heterocycles. The maximum atomic E-state index is 13.2. The van der Waals surface area contributed by atoms with Crippen LogP contribution in [0.3, 0.4) is 0 Å². The summed E-state index contributed by atoms with van der Waals surface area (Å²) >= 11 is 6.11. The summed E-state index contributed by atoms with van der Waals surface area (Å²) in [4.78, 5) is 18.7. The molecule has 0 spiro atoms. The van der Waals surface area contributed by atoms with E-state index in [4.69, 9.17) is 16.3 Å². The third-order valence-electron chi connectivity index (χ3n) is 5.76. The highest BCUT2D eigenvalue weighted by molar-refractivity contribution is 6.18. The van der Waals surface area contributed by atoms with Gasteiger partial charge in [0.15, 0.2) is 0 Å². The van der Waals surface area contributed by atoms with E-state index in [2.05, 4.69) is 23.2 Å². The minimum atomic E-state index is -0.204. The molecule has 0 bridgehead atoms. The van der Waals surface area contributed by atoms with Crippen molar-refractivity contribution < 1.29 is 9.53 Å². The first-order chi connectivity index (χ1) is 14.7. The molecule has 0 saturated carbocycles. The minimum absolute atomic E-state index is 0.0260. The molecule has 3 aromatic carbocycles. The van der Waals surface area contributed by atoms with Crippen molar-refractivity contribution in [3.8, 4) is 17.0 Å². The number of carbonyl (C=O) groups excluding carboxylic acids is 1. The molecule has 1 aliphatic rings. The van der Waals surface area contributed by atoms with Gasteiger partial charge in [0.05, 0.1) is 18.8 Å². The number of aromatic nitrogens is 1. The van der Waals surface area contributed by atoms with E-state index in [1.165, 1.54) is 0 Å². The van der Waals surface area contributed by atoms with Crippen LogP contribution in [-0.2, 0) is 0 Å². The number of alkyl halides is 1. The zero-order valence-corrected chi connectivity index (χ0v) is 17.3. The molecule has 150 valence electrons. The normalized spacial score (nSPS) is 15.6. The maximum absolute atomic E-state index is 13.2. The molecular formula is C25H21ClN2O2. The van der Waals surface area contributed by atoms with Gasteiger partial charge >= 0.3 is 0 Å². The highest BCUT2D eigenvalue weighted by Gasteiger charge is 2.39. The quantitative estimate of drug-likeness (QED) is 0.429. The molecule has 1 N–H and O–H groups in total. The fraction of sp³-hybridized carbons (Fsp3) is 0.160. The molecule has 0 saturated heterocycles. The number of ether oxygens (including phenoxy) is 1. The van der Waals surface area contributed by atoms with Crippen molar-refractivity contribution >= 4 is 28.4 Å². The summed E-state index contributed by atoms with van der Waals surface area (Å²) in [6, 6.07) is 23.9. The number of aromatic amines is 1. The summed E-state index contributed by atoms with van der Waals surface area (Å²) in [7, 11) is 1.67. The topological polar surface area (TPSA) is 45.3 Å². The lowest BCUT2D eigenvalue weighted by Crippen LogP contribution is -2.30. The van der Waals surface area contributed by atoms with Gasteiger partial charge in [0.1, 0.15) is 5.75 Å². The Morgan fingerprint density at radius 3 is 2.67 bits per heavy atom. The predicted molar refractivity (Wildman–Crippen MR) is 120 cm³/mol. The Balaban J connectivity index is 1.80. The number of amides is 1. The van der Waals surface area contributed by atoms with Crippen molar-refractivity contribution in [2.45, 2.75) is 6.04 Å². The lowest BCUT2D eigenvalue weighted by molar-refractivity contribution is 0.0762. The summed E-state index contributed by atoms with van der Waals surface area (Å²) in [6.07, 6.45) is 0. The second-order valence-electron chi connectivity index (χ2n) is 7.37. The number of methoxy groups -OCH3 is 1. The third-order valence-corrected chi connectivity index (χ3v) is 5.93. The van der Waals surface area contributed by atoms with Gasteiger partial charge in [0, 0.05) is 40.0 Å². The second-order valence-corrected chi connectivity index (χ2v) is 7.75. The second kappa shape index (κ2) is 7.54. The summed E-state index contributed by atoms with van der Waals surface area (Å²) in [5.74, 6) is 1.20. The Labute approximate surface area is 180 Å². The van der Waals surface area contributed by atoms with Gasteiger partial charge in [-0.1, -0.05) is 48.5 Å². The minimum Gasteiger partial charge on any atom is -0.497 e. The lowest BCUT2D eigenvalue weighted by atomic mass is 9.93. The number of benzene rings is 3. The maximum Gasteiger partial charge on any atom is 0.255 e. The van der Waals surface area contributed by atoms with Crippen molar-refractivity contribution in [2.24, 2.45) is 0 Å². The van der Waals surface area contributed by atoms with Gasteiger partial charge in [-0.25, -0.2) is 0 Å². The number of nitrogens with one attached hydrogen (secondary N) is 1. The average Bonchev–Trinajstić information content (AvgIpc) is 3.30. The Kier molecular flexibility index (Phi) is 4.72. The first kappa shape index (κ1) is 18.8. The number of para-hydroxylation sites is 1. The SMILES string of the molecule is COc1cccc(-c2[nH]c3ccccc3c2C2c3ccccc3C(=O)N2CCCl)c1. The average molecular weight is 417 g/mol. The van der Waals surface area contributed by atoms with Crippen LogP contribution >= 0.6 is 11.6 Å². The van der Waals surface area contributed by atoms with Crippen molar-refractivity contribution in [1.82, 2.24) is 9.88 Å². The first-order valence-electron chi connectivity index (χ1n) is 9.94. The predicted octanol–water partition coefficient (Wildman–Crippen LogP) is 5.63. The molecule has 4 nitrogen and oxygen atoms in total. The van der Waals surface area contributed by atoms with E-state index in [-0.39, 0.29) is 11.9 Å². The van der Waals surface area contributed by atoms with Gasteiger partial charge in [0.25, 0.3) is 5.91 Å². The molecule has 1 aromatic heterocycles. The Hall–Kier alpha value is -3.24. The molecule has 1 amide bonds. The molecule has 1 atom stereocenters. The van der Waals surface area contributed by atoms with Gasteiger partial charge in [-0.05, 0) is 29.8 Å². The molecule has 5 rings (SSSR count). The number of carbonyl (C=O) groups is 1. The molecule has 5 heteroatoms. The van der Waals surface area contributed by atoms with Crippen molar-refractivity contribution in [3.05, 3.63) is 89.5 Å². The van der Waals surface area contributed by atoms with Crippen LogP contribution in [0.2, 0.25) is 0 Å². The summed E-state index contributed by atoms with van der Waals surface area (Å²) in [5.41, 5.74) is 5.89. The summed E-state index contributed by atoms with van der Waals surface area (Å²) in [5, 5.41) is 1.10. The van der Waals surface area contributed by atoms with Gasteiger partial charge in [-0.15, -0.1) is 11.6 Å². The number of hydrogen-bond donors (Lipinski definition) is 1.